The quantitative estimate of drug-likeness (QED) is 0.635. The van der Waals surface area contributed by atoms with E-state index in [0.717, 1.165) is 24.2 Å². The minimum Gasteiger partial charge on any atom is -0.481 e. The topological polar surface area (TPSA) is 114 Å². The smallest absolute Gasteiger partial charge is 0.316 e. The molecule has 0 spiro atoms. The molecule has 10 heteroatoms. The predicted molar refractivity (Wildman–Crippen MR) is 117 cm³/mol. The van der Waals surface area contributed by atoms with Crippen LogP contribution < -0.4 is 25.0 Å². The van der Waals surface area contributed by atoms with Crippen molar-refractivity contribution in [3.8, 4) is 11.9 Å². The highest BCUT2D eigenvalue weighted by Gasteiger charge is 2.24. The number of aromatic nitrogens is 4. The maximum atomic E-state index is 13.1. The number of anilines is 2. The Morgan fingerprint density at radius 1 is 1.10 bits per heavy atom. The maximum absolute atomic E-state index is 13.1. The van der Waals surface area contributed by atoms with Crippen LogP contribution in [0.2, 0.25) is 0 Å². The molecular weight excluding hydrogens is 398 g/mol. The van der Waals surface area contributed by atoms with Crippen LogP contribution in [0.15, 0.2) is 30.6 Å². The van der Waals surface area contributed by atoms with Gasteiger partial charge < -0.3 is 19.7 Å². The van der Waals surface area contributed by atoms with Gasteiger partial charge in [0.25, 0.3) is 5.91 Å². The Labute approximate surface area is 180 Å². The Kier molecular flexibility index (Phi) is 5.81. The van der Waals surface area contributed by atoms with Crippen LogP contribution in [0.3, 0.4) is 0 Å². The molecule has 31 heavy (non-hydrogen) atoms. The molecule has 0 radical (unpaired) electrons. The second kappa shape index (κ2) is 8.68. The third-order valence-corrected chi connectivity index (χ3v) is 5.10. The monoisotopic (exact) mass is 423 g/mol. The number of piperazine rings is 1. The van der Waals surface area contributed by atoms with E-state index in [-0.39, 0.29) is 17.9 Å². The van der Waals surface area contributed by atoms with Gasteiger partial charge in [-0.15, -0.1) is 0 Å². The largest absolute Gasteiger partial charge is 0.481 e. The van der Waals surface area contributed by atoms with Gasteiger partial charge in [0, 0.05) is 54.7 Å². The van der Waals surface area contributed by atoms with Crippen LogP contribution >= 0.6 is 0 Å². The molecule has 10 nitrogen and oxygen atoms in total. The molecule has 162 valence electrons. The lowest BCUT2D eigenvalue weighted by Gasteiger charge is -2.38. The molecule has 0 bridgehead atoms. The minimum atomic E-state index is -0.382. The summed E-state index contributed by atoms with van der Waals surface area (Å²) in [6.45, 7) is 5.99. The maximum Gasteiger partial charge on any atom is 0.316 e. The third-order valence-electron chi connectivity index (χ3n) is 5.10. The molecule has 2 atom stereocenters. The Bertz CT molecular complexity index is 1100. The van der Waals surface area contributed by atoms with Gasteiger partial charge in [-0.3, -0.25) is 10.1 Å². The number of hydrogen-bond donors (Lipinski definition) is 2. The second-order valence-corrected chi connectivity index (χ2v) is 7.50. The Morgan fingerprint density at radius 3 is 2.58 bits per heavy atom. The van der Waals surface area contributed by atoms with Crippen molar-refractivity contribution in [2.75, 3.05) is 37.5 Å². The van der Waals surface area contributed by atoms with Crippen LogP contribution in [0.25, 0.3) is 10.9 Å². The van der Waals surface area contributed by atoms with Gasteiger partial charge in [-0.1, -0.05) is 0 Å². The van der Waals surface area contributed by atoms with Crippen LogP contribution in [-0.4, -0.2) is 65.2 Å². The van der Waals surface area contributed by atoms with Crippen molar-refractivity contribution in [1.29, 1.82) is 0 Å². The summed E-state index contributed by atoms with van der Waals surface area (Å²) in [5, 5.41) is 7.02. The Morgan fingerprint density at radius 2 is 1.87 bits per heavy atom. The zero-order valence-corrected chi connectivity index (χ0v) is 17.9. The summed E-state index contributed by atoms with van der Waals surface area (Å²) >= 11 is 0. The van der Waals surface area contributed by atoms with Crippen molar-refractivity contribution >= 4 is 28.4 Å². The van der Waals surface area contributed by atoms with Gasteiger partial charge in [-0.2, -0.15) is 9.97 Å². The second-order valence-electron chi connectivity index (χ2n) is 7.50. The number of carbonyl (C=O) groups is 1. The van der Waals surface area contributed by atoms with Gasteiger partial charge in [0.05, 0.1) is 25.3 Å². The molecule has 0 aliphatic carbocycles. The molecule has 1 amide bonds. The standard InChI is InChI=1S/C21H25N7O3/c1-12-10-28(11-13(2)24-12)16-6-5-14(18-15(16)9-23-21(26-18)31-4)19(29)27-20-22-8-7-17(25-20)30-3/h5-9,12-13,24H,10-11H2,1-4H3,(H,22,25,27,29). The van der Waals surface area contributed by atoms with Crippen molar-refractivity contribution in [1.82, 2.24) is 25.3 Å². The summed E-state index contributed by atoms with van der Waals surface area (Å²) in [7, 11) is 3.00. The molecule has 2 aromatic heterocycles. The number of nitrogens with zero attached hydrogens (tertiary/aromatic N) is 5. The molecule has 1 fully saturated rings. The molecule has 3 aromatic rings. The first kappa shape index (κ1) is 20.7. The van der Waals surface area contributed by atoms with Crippen LogP contribution in [0.1, 0.15) is 24.2 Å². The lowest BCUT2D eigenvalue weighted by Crippen LogP contribution is -2.54. The average molecular weight is 423 g/mol. The number of hydrogen-bond acceptors (Lipinski definition) is 9. The lowest BCUT2D eigenvalue weighted by atomic mass is 10.0. The Hall–Kier alpha value is -3.53. The summed E-state index contributed by atoms with van der Waals surface area (Å²) in [4.78, 5) is 32.3. The van der Waals surface area contributed by atoms with Crippen LogP contribution in [-0.2, 0) is 0 Å². The molecule has 1 saturated heterocycles. The molecule has 4 rings (SSSR count). The molecule has 1 aliphatic heterocycles. The number of rotatable bonds is 5. The van der Waals surface area contributed by atoms with E-state index in [0.29, 0.717) is 29.0 Å². The van der Waals surface area contributed by atoms with E-state index in [2.05, 4.69) is 49.3 Å². The van der Waals surface area contributed by atoms with Crippen LogP contribution in [0, 0.1) is 0 Å². The molecule has 0 saturated carbocycles. The summed E-state index contributed by atoms with van der Waals surface area (Å²) in [5.74, 6) is 0.122. The summed E-state index contributed by atoms with van der Waals surface area (Å²) < 4.78 is 10.3. The normalized spacial score (nSPS) is 18.6. The highest BCUT2D eigenvalue weighted by molar-refractivity contribution is 6.13. The third kappa shape index (κ3) is 4.33. The summed E-state index contributed by atoms with van der Waals surface area (Å²) in [6, 6.07) is 6.17. The molecule has 1 aromatic carbocycles. The molecule has 2 N–H and O–H groups in total. The number of carbonyl (C=O) groups excluding carboxylic acids is 1. The fraction of sp³-hybridized carbons (Fsp3) is 0.381. The predicted octanol–water partition coefficient (Wildman–Crippen LogP) is 1.88. The van der Waals surface area contributed by atoms with E-state index in [1.165, 1.54) is 20.4 Å². The summed E-state index contributed by atoms with van der Waals surface area (Å²) in [5.41, 5.74) is 1.86. The number of benzene rings is 1. The van der Waals surface area contributed by atoms with Crippen LogP contribution in [0.4, 0.5) is 11.6 Å². The van der Waals surface area contributed by atoms with E-state index < -0.39 is 0 Å². The number of amides is 1. The molecular formula is C21H25N7O3. The van der Waals surface area contributed by atoms with Crippen molar-refractivity contribution in [3.63, 3.8) is 0 Å². The van der Waals surface area contributed by atoms with E-state index in [1.54, 1.807) is 18.3 Å². The van der Waals surface area contributed by atoms with Gasteiger partial charge in [0.2, 0.25) is 11.8 Å². The van der Waals surface area contributed by atoms with Gasteiger partial charge in [-0.25, -0.2) is 9.97 Å². The van der Waals surface area contributed by atoms with Crippen molar-refractivity contribution in [2.24, 2.45) is 0 Å². The first-order valence-electron chi connectivity index (χ1n) is 10.0. The van der Waals surface area contributed by atoms with E-state index in [9.17, 15) is 4.79 Å². The van der Waals surface area contributed by atoms with E-state index in [1.807, 2.05) is 6.07 Å². The van der Waals surface area contributed by atoms with Gasteiger partial charge >= 0.3 is 6.01 Å². The van der Waals surface area contributed by atoms with E-state index >= 15 is 0 Å². The number of ether oxygens (including phenoxy) is 2. The van der Waals surface area contributed by atoms with Crippen molar-refractivity contribution < 1.29 is 14.3 Å². The summed E-state index contributed by atoms with van der Waals surface area (Å²) in [6.07, 6.45) is 3.22. The minimum absolute atomic E-state index is 0.146. The lowest BCUT2D eigenvalue weighted by molar-refractivity contribution is 0.102. The zero-order valence-electron chi connectivity index (χ0n) is 17.9. The molecule has 3 heterocycles. The highest BCUT2D eigenvalue weighted by Crippen LogP contribution is 2.30. The van der Waals surface area contributed by atoms with Crippen molar-refractivity contribution in [2.45, 2.75) is 25.9 Å². The number of fused-ring (bicyclic) bond motifs is 1. The average Bonchev–Trinajstić information content (AvgIpc) is 2.77. The molecule has 2 unspecified atom stereocenters. The highest BCUT2D eigenvalue weighted by atomic mass is 16.5. The Balaban J connectivity index is 1.74. The number of nitrogens with one attached hydrogen (secondary N) is 2. The first-order chi connectivity index (χ1) is 15.0. The molecule has 1 aliphatic rings. The van der Waals surface area contributed by atoms with E-state index in [4.69, 9.17) is 9.47 Å². The van der Waals surface area contributed by atoms with Gasteiger partial charge in [-0.05, 0) is 26.0 Å². The SMILES string of the molecule is COc1ccnc(NC(=O)c2ccc(N3CC(C)NC(C)C3)c3cnc(OC)nc23)n1. The zero-order chi connectivity index (χ0) is 22.0. The fourth-order valence-corrected chi connectivity index (χ4v) is 3.86. The van der Waals surface area contributed by atoms with Crippen LogP contribution in [0.5, 0.6) is 11.9 Å². The van der Waals surface area contributed by atoms with Gasteiger partial charge in [0.15, 0.2) is 0 Å². The number of methoxy groups -OCH3 is 2. The van der Waals surface area contributed by atoms with Crippen molar-refractivity contribution in [3.05, 3.63) is 36.2 Å². The fourth-order valence-electron chi connectivity index (χ4n) is 3.86. The first-order valence-corrected chi connectivity index (χ1v) is 10.0. The van der Waals surface area contributed by atoms with Gasteiger partial charge in [0.1, 0.15) is 0 Å².